The third kappa shape index (κ3) is 3.15. The van der Waals surface area contributed by atoms with Gasteiger partial charge in [0, 0.05) is 24.0 Å². The molecule has 1 aromatic carbocycles. The first-order chi connectivity index (χ1) is 9.63. The SMILES string of the molecule is NNC(CCc1cccnc1)c1ccc(F)c(F)c1F. The summed E-state index contributed by atoms with van der Waals surface area (Å²) in [4.78, 5) is 3.97. The monoisotopic (exact) mass is 281 g/mol. The van der Waals surface area contributed by atoms with Crippen LogP contribution in [0.4, 0.5) is 13.2 Å². The third-order valence-corrected chi connectivity index (χ3v) is 3.09. The minimum absolute atomic E-state index is 0.00953. The average Bonchev–Trinajstić information content (AvgIpc) is 2.48. The van der Waals surface area contributed by atoms with E-state index in [9.17, 15) is 13.2 Å². The summed E-state index contributed by atoms with van der Waals surface area (Å²) < 4.78 is 39.8. The summed E-state index contributed by atoms with van der Waals surface area (Å²) in [6.07, 6.45) is 4.36. The van der Waals surface area contributed by atoms with Crippen molar-refractivity contribution in [1.82, 2.24) is 10.4 Å². The van der Waals surface area contributed by atoms with E-state index in [2.05, 4.69) is 10.4 Å². The Labute approximate surface area is 114 Å². The predicted octanol–water partition coefficient (Wildman–Crippen LogP) is 2.64. The van der Waals surface area contributed by atoms with E-state index in [1.807, 2.05) is 6.07 Å². The number of nitrogens with one attached hydrogen (secondary N) is 1. The fourth-order valence-electron chi connectivity index (χ4n) is 2.00. The van der Waals surface area contributed by atoms with Gasteiger partial charge in [0.2, 0.25) is 0 Å². The number of aryl methyl sites for hydroxylation is 1. The van der Waals surface area contributed by atoms with Crippen molar-refractivity contribution in [3.63, 3.8) is 0 Å². The standard InChI is InChI=1S/C14H14F3N3/c15-11-5-4-10(13(16)14(11)17)12(20-18)6-3-9-2-1-7-19-8-9/h1-2,4-5,7-8,12,20H,3,6,18H2. The highest BCUT2D eigenvalue weighted by molar-refractivity contribution is 5.24. The quantitative estimate of drug-likeness (QED) is 0.503. The molecule has 0 saturated carbocycles. The molecule has 1 aromatic heterocycles. The maximum Gasteiger partial charge on any atom is 0.194 e. The van der Waals surface area contributed by atoms with Crippen LogP contribution in [0.3, 0.4) is 0 Å². The topological polar surface area (TPSA) is 50.9 Å². The Kier molecular flexibility index (Phi) is 4.70. The number of aromatic nitrogens is 1. The molecule has 0 aliphatic heterocycles. The highest BCUT2D eigenvalue weighted by atomic mass is 19.2. The summed E-state index contributed by atoms with van der Waals surface area (Å²) in [5.74, 6) is 1.47. The van der Waals surface area contributed by atoms with E-state index in [0.717, 1.165) is 11.6 Å². The Bertz CT molecular complexity index is 575. The van der Waals surface area contributed by atoms with Crippen LogP contribution in [0.15, 0.2) is 36.7 Å². The normalized spacial score (nSPS) is 12.4. The Hall–Kier alpha value is -1.92. The molecule has 0 aliphatic carbocycles. The minimum Gasteiger partial charge on any atom is -0.271 e. The van der Waals surface area contributed by atoms with Gasteiger partial charge in [-0.25, -0.2) is 13.2 Å². The van der Waals surface area contributed by atoms with E-state index in [1.54, 1.807) is 18.5 Å². The molecule has 2 rings (SSSR count). The van der Waals surface area contributed by atoms with Gasteiger partial charge in [-0.3, -0.25) is 16.3 Å². The molecule has 1 heterocycles. The second-order valence-corrected chi connectivity index (χ2v) is 4.38. The molecule has 0 bridgehead atoms. The Morgan fingerprint density at radius 3 is 2.60 bits per heavy atom. The van der Waals surface area contributed by atoms with Crippen LogP contribution in [0.1, 0.15) is 23.6 Å². The van der Waals surface area contributed by atoms with Gasteiger partial charge in [0.05, 0.1) is 0 Å². The number of pyridine rings is 1. The van der Waals surface area contributed by atoms with Crippen LogP contribution in [0.5, 0.6) is 0 Å². The summed E-state index contributed by atoms with van der Waals surface area (Å²) in [5.41, 5.74) is 3.39. The van der Waals surface area contributed by atoms with Crippen LogP contribution >= 0.6 is 0 Å². The predicted molar refractivity (Wildman–Crippen MR) is 68.9 cm³/mol. The molecule has 0 saturated heterocycles. The summed E-state index contributed by atoms with van der Waals surface area (Å²) in [5, 5.41) is 0. The van der Waals surface area contributed by atoms with Crippen molar-refractivity contribution in [3.05, 3.63) is 65.2 Å². The first kappa shape index (κ1) is 14.5. The molecule has 106 valence electrons. The highest BCUT2D eigenvalue weighted by Gasteiger charge is 2.19. The number of nitrogens with zero attached hydrogens (tertiary/aromatic N) is 1. The molecular formula is C14H14F3N3. The van der Waals surface area contributed by atoms with Gasteiger partial charge in [-0.15, -0.1) is 0 Å². The maximum atomic E-state index is 13.7. The first-order valence-corrected chi connectivity index (χ1v) is 6.12. The summed E-state index contributed by atoms with van der Waals surface area (Å²) >= 11 is 0. The van der Waals surface area contributed by atoms with Gasteiger partial charge >= 0.3 is 0 Å². The lowest BCUT2D eigenvalue weighted by Crippen LogP contribution is -2.29. The second-order valence-electron chi connectivity index (χ2n) is 4.38. The molecule has 1 unspecified atom stereocenters. The number of rotatable bonds is 5. The van der Waals surface area contributed by atoms with Crippen molar-refractivity contribution in [2.45, 2.75) is 18.9 Å². The smallest absolute Gasteiger partial charge is 0.194 e. The van der Waals surface area contributed by atoms with E-state index in [1.165, 1.54) is 6.07 Å². The zero-order valence-electron chi connectivity index (χ0n) is 10.6. The molecule has 0 spiro atoms. The van der Waals surface area contributed by atoms with Gasteiger partial charge in [0.15, 0.2) is 17.5 Å². The Morgan fingerprint density at radius 1 is 1.15 bits per heavy atom. The molecule has 0 amide bonds. The van der Waals surface area contributed by atoms with Crippen LogP contribution in [0, 0.1) is 17.5 Å². The van der Waals surface area contributed by atoms with Crippen LogP contribution in [-0.4, -0.2) is 4.98 Å². The van der Waals surface area contributed by atoms with E-state index < -0.39 is 23.5 Å². The highest BCUT2D eigenvalue weighted by Crippen LogP contribution is 2.24. The molecule has 2 aromatic rings. The molecule has 3 N–H and O–H groups in total. The Morgan fingerprint density at radius 2 is 1.95 bits per heavy atom. The average molecular weight is 281 g/mol. The molecule has 0 radical (unpaired) electrons. The van der Waals surface area contributed by atoms with Crippen molar-refractivity contribution in [2.75, 3.05) is 0 Å². The van der Waals surface area contributed by atoms with E-state index >= 15 is 0 Å². The van der Waals surface area contributed by atoms with Crippen molar-refractivity contribution < 1.29 is 13.2 Å². The zero-order valence-corrected chi connectivity index (χ0v) is 10.6. The van der Waals surface area contributed by atoms with Crippen molar-refractivity contribution in [2.24, 2.45) is 5.84 Å². The lowest BCUT2D eigenvalue weighted by atomic mass is 9.99. The molecule has 0 aliphatic rings. The van der Waals surface area contributed by atoms with Crippen LogP contribution in [-0.2, 0) is 6.42 Å². The van der Waals surface area contributed by atoms with Crippen molar-refractivity contribution >= 4 is 0 Å². The number of hydrogen-bond acceptors (Lipinski definition) is 3. The summed E-state index contributed by atoms with van der Waals surface area (Å²) in [6.45, 7) is 0. The minimum atomic E-state index is -1.48. The van der Waals surface area contributed by atoms with Crippen LogP contribution in [0.2, 0.25) is 0 Å². The van der Waals surface area contributed by atoms with E-state index in [0.29, 0.717) is 12.8 Å². The van der Waals surface area contributed by atoms with Gasteiger partial charge in [-0.1, -0.05) is 12.1 Å². The number of nitrogens with two attached hydrogens (primary N) is 1. The zero-order chi connectivity index (χ0) is 14.5. The number of hydrogen-bond donors (Lipinski definition) is 2. The fraction of sp³-hybridized carbons (Fsp3) is 0.214. The van der Waals surface area contributed by atoms with Gasteiger partial charge in [-0.2, -0.15) is 0 Å². The Balaban J connectivity index is 2.15. The number of benzene rings is 1. The van der Waals surface area contributed by atoms with E-state index in [4.69, 9.17) is 5.84 Å². The fourth-order valence-corrected chi connectivity index (χ4v) is 2.00. The van der Waals surface area contributed by atoms with E-state index in [-0.39, 0.29) is 5.56 Å². The maximum absolute atomic E-state index is 13.7. The van der Waals surface area contributed by atoms with Crippen molar-refractivity contribution in [3.8, 4) is 0 Å². The van der Waals surface area contributed by atoms with Gasteiger partial charge in [0.1, 0.15) is 0 Å². The van der Waals surface area contributed by atoms with Crippen LogP contribution < -0.4 is 11.3 Å². The molecule has 3 nitrogen and oxygen atoms in total. The van der Waals surface area contributed by atoms with Crippen LogP contribution in [0.25, 0.3) is 0 Å². The largest absolute Gasteiger partial charge is 0.271 e. The van der Waals surface area contributed by atoms with Crippen molar-refractivity contribution in [1.29, 1.82) is 0 Å². The lowest BCUT2D eigenvalue weighted by Gasteiger charge is -2.17. The second kappa shape index (κ2) is 6.49. The van der Waals surface area contributed by atoms with Gasteiger partial charge < -0.3 is 0 Å². The summed E-state index contributed by atoms with van der Waals surface area (Å²) in [6, 6.07) is 5.15. The molecule has 6 heteroatoms. The number of halogens is 3. The molecule has 0 fully saturated rings. The first-order valence-electron chi connectivity index (χ1n) is 6.12. The third-order valence-electron chi connectivity index (χ3n) is 3.09. The summed E-state index contributed by atoms with van der Waals surface area (Å²) in [7, 11) is 0. The molecular weight excluding hydrogens is 267 g/mol. The lowest BCUT2D eigenvalue weighted by molar-refractivity contribution is 0.419. The molecule has 1 atom stereocenters. The van der Waals surface area contributed by atoms with Gasteiger partial charge in [0.25, 0.3) is 0 Å². The number of hydrazine groups is 1. The van der Waals surface area contributed by atoms with Gasteiger partial charge in [-0.05, 0) is 30.5 Å². The molecule has 20 heavy (non-hydrogen) atoms.